The smallest absolute Gasteiger partial charge is 0.212 e. The lowest BCUT2D eigenvalue weighted by Crippen LogP contribution is -2.47. The quantitative estimate of drug-likeness (QED) is 0.789. The molecule has 0 unspecified atom stereocenters. The van der Waals surface area contributed by atoms with E-state index in [4.69, 9.17) is 0 Å². The van der Waals surface area contributed by atoms with E-state index in [1.54, 1.807) is 30.3 Å². The molecule has 0 radical (unpaired) electrons. The normalized spacial score (nSPS) is 18.1. The maximum atomic E-state index is 12.3. The van der Waals surface area contributed by atoms with E-state index in [9.17, 15) is 16.8 Å². The van der Waals surface area contributed by atoms with E-state index in [1.807, 2.05) is 13.8 Å². The Morgan fingerprint density at radius 3 is 2.21 bits per heavy atom. The van der Waals surface area contributed by atoms with Gasteiger partial charge in [-0.2, -0.15) is 0 Å². The summed E-state index contributed by atoms with van der Waals surface area (Å²) >= 11 is 0. The largest absolute Gasteiger partial charge is 0.240 e. The van der Waals surface area contributed by atoms with Crippen LogP contribution in [0.1, 0.15) is 33.1 Å². The summed E-state index contributed by atoms with van der Waals surface area (Å²) in [6.07, 6.45) is 1.63. The average Bonchev–Trinajstić information content (AvgIpc) is 2.54. The van der Waals surface area contributed by atoms with Gasteiger partial charge in [-0.1, -0.05) is 32.0 Å². The molecule has 0 aliphatic carbocycles. The van der Waals surface area contributed by atoms with Crippen LogP contribution in [0.2, 0.25) is 0 Å². The third-order valence-electron chi connectivity index (χ3n) is 4.18. The molecule has 2 rings (SSSR count). The zero-order chi connectivity index (χ0) is 17.8. The van der Waals surface area contributed by atoms with Gasteiger partial charge < -0.3 is 0 Å². The monoisotopic (exact) mass is 374 g/mol. The minimum atomic E-state index is -3.55. The van der Waals surface area contributed by atoms with Crippen LogP contribution >= 0.6 is 0 Å². The highest BCUT2D eigenvalue weighted by atomic mass is 32.2. The third-order valence-corrected chi connectivity index (χ3v) is 7.62. The average molecular weight is 375 g/mol. The maximum absolute atomic E-state index is 12.3. The van der Waals surface area contributed by atoms with E-state index in [-0.39, 0.29) is 16.7 Å². The molecule has 1 aromatic carbocycles. The molecule has 0 atom stereocenters. The van der Waals surface area contributed by atoms with Crippen LogP contribution < -0.4 is 4.72 Å². The van der Waals surface area contributed by atoms with Gasteiger partial charge in [-0.15, -0.1) is 0 Å². The summed E-state index contributed by atoms with van der Waals surface area (Å²) in [6, 6.07) is 7.99. The number of benzene rings is 1. The number of rotatable bonds is 7. The predicted molar refractivity (Wildman–Crippen MR) is 94.6 cm³/mol. The highest BCUT2D eigenvalue weighted by Crippen LogP contribution is 2.18. The van der Waals surface area contributed by atoms with Crippen LogP contribution in [0.3, 0.4) is 0 Å². The fraction of sp³-hybridized carbons (Fsp3) is 0.625. The van der Waals surface area contributed by atoms with E-state index < -0.39 is 20.0 Å². The first kappa shape index (κ1) is 19.4. The van der Waals surface area contributed by atoms with Gasteiger partial charge in [0, 0.05) is 19.1 Å². The SMILES string of the molecule is CC(C)CCS(=O)(=O)N1CCC(NS(=O)(=O)c2ccccc2)CC1. The highest BCUT2D eigenvalue weighted by molar-refractivity contribution is 7.89. The van der Waals surface area contributed by atoms with Crippen molar-refractivity contribution < 1.29 is 16.8 Å². The molecule has 24 heavy (non-hydrogen) atoms. The molecule has 0 saturated carbocycles. The Labute approximate surface area is 145 Å². The van der Waals surface area contributed by atoms with Gasteiger partial charge in [0.25, 0.3) is 0 Å². The van der Waals surface area contributed by atoms with E-state index in [2.05, 4.69) is 4.72 Å². The summed E-state index contributed by atoms with van der Waals surface area (Å²) < 4.78 is 53.4. The van der Waals surface area contributed by atoms with Crippen molar-refractivity contribution in [1.29, 1.82) is 0 Å². The molecule has 8 heteroatoms. The molecule has 0 amide bonds. The molecule has 0 bridgehead atoms. The standard InChI is InChI=1S/C16H26N2O4S2/c1-14(2)10-13-23(19,20)18-11-8-15(9-12-18)17-24(21,22)16-6-4-3-5-7-16/h3-7,14-15,17H,8-13H2,1-2H3. The summed E-state index contributed by atoms with van der Waals surface area (Å²) in [5.41, 5.74) is 0. The minimum Gasteiger partial charge on any atom is -0.212 e. The number of sulfonamides is 2. The van der Waals surface area contributed by atoms with Crippen LogP contribution in [-0.4, -0.2) is 46.0 Å². The maximum Gasteiger partial charge on any atom is 0.240 e. The lowest BCUT2D eigenvalue weighted by molar-refractivity contribution is 0.307. The van der Waals surface area contributed by atoms with Crippen molar-refractivity contribution in [2.75, 3.05) is 18.8 Å². The number of nitrogens with one attached hydrogen (secondary N) is 1. The Hall–Kier alpha value is -0.960. The molecule has 0 spiro atoms. The summed E-state index contributed by atoms with van der Waals surface area (Å²) in [5, 5.41) is 0. The molecule has 136 valence electrons. The Balaban J connectivity index is 1.91. The summed E-state index contributed by atoms with van der Waals surface area (Å²) in [6.45, 7) is 4.73. The molecule has 6 nitrogen and oxygen atoms in total. The van der Waals surface area contributed by atoms with Crippen molar-refractivity contribution in [2.24, 2.45) is 5.92 Å². The number of nitrogens with zero attached hydrogens (tertiary/aromatic N) is 1. The molecule has 1 aliphatic heterocycles. The van der Waals surface area contributed by atoms with Gasteiger partial charge in [-0.3, -0.25) is 0 Å². The highest BCUT2D eigenvalue weighted by Gasteiger charge is 2.30. The van der Waals surface area contributed by atoms with Crippen LogP contribution in [0.25, 0.3) is 0 Å². The van der Waals surface area contributed by atoms with Crippen molar-refractivity contribution in [3.63, 3.8) is 0 Å². The lowest BCUT2D eigenvalue weighted by atomic mass is 10.1. The molecule has 1 aromatic rings. The van der Waals surface area contributed by atoms with Gasteiger partial charge in [0.2, 0.25) is 20.0 Å². The second-order valence-corrected chi connectivity index (χ2v) is 10.4. The van der Waals surface area contributed by atoms with Gasteiger partial charge >= 0.3 is 0 Å². The van der Waals surface area contributed by atoms with Gasteiger partial charge in [0.15, 0.2) is 0 Å². The van der Waals surface area contributed by atoms with Crippen molar-refractivity contribution in [2.45, 2.75) is 44.0 Å². The van der Waals surface area contributed by atoms with Crippen LogP contribution in [0.5, 0.6) is 0 Å². The Morgan fingerprint density at radius 2 is 1.67 bits per heavy atom. The molecule has 0 aromatic heterocycles. The topological polar surface area (TPSA) is 83.6 Å². The van der Waals surface area contributed by atoms with Gasteiger partial charge in [0.1, 0.15) is 0 Å². The zero-order valence-electron chi connectivity index (χ0n) is 14.2. The van der Waals surface area contributed by atoms with E-state index in [1.165, 1.54) is 4.31 Å². The Kier molecular flexibility index (Phi) is 6.41. The second kappa shape index (κ2) is 7.95. The van der Waals surface area contributed by atoms with E-state index in [0.29, 0.717) is 38.3 Å². The van der Waals surface area contributed by atoms with Crippen molar-refractivity contribution >= 4 is 20.0 Å². The first-order valence-corrected chi connectivity index (χ1v) is 11.3. The van der Waals surface area contributed by atoms with Crippen molar-refractivity contribution in [3.8, 4) is 0 Å². The fourth-order valence-electron chi connectivity index (χ4n) is 2.65. The van der Waals surface area contributed by atoms with Crippen molar-refractivity contribution in [3.05, 3.63) is 30.3 Å². The summed E-state index contributed by atoms with van der Waals surface area (Å²) in [5.74, 6) is 0.500. The van der Waals surface area contributed by atoms with Crippen LogP contribution in [-0.2, 0) is 20.0 Å². The number of piperidine rings is 1. The summed E-state index contributed by atoms with van der Waals surface area (Å²) in [7, 11) is -6.79. The van der Waals surface area contributed by atoms with Crippen molar-refractivity contribution in [1.82, 2.24) is 9.03 Å². The molecular weight excluding hydrogens is 348 g/mol. The van der Waals surface area contributed by atoms with E-state index in [0.717, 1.165) is 0 Å². The third kappa shape index (κ3) is 5.27. The van der Waals surface area contributed by atoms with Crippen LogP contribution in [0.4, 0.5) is 0 Å². The molecule has 1 aliphatic rings. The number of hydrogen-bond acceptors (Lipinski definition) is 4. The second-order valence-electron chi connectivity index (χ2n) is 6.61. The molecular formula is C16H26N2O4S2. The zero-order valence-corrected chi connectivity index (χ0v) is 15.8. The minimum absolute atomic E-state index is 0.158. The van der Waals surface area contributed by atoms with Gasteiger partial charge in [0.05, 0.1) is 10.6 Å². The molecule has 1 saturated heterocycles. The lowest BCUT2D eigenvalue weighted by Gasteiger charge is -2.31. The van der Waals surface area contributed by atoms with Gasteiger partial charge in [-0.25, -0.2) is 25.9 Å². The Bertz CT molecular complexity index is 723. The Morgan fingerprint density at radius 1 is 1.08 bits per heavy atom. The molecule has 1 N–H and O–H groups in total. The number of hydrogen-bond donors (Lipinski definition) is 1. The molecule has 1 heterocycles. The van der Waals surface area contributed by atoms with Crippen LogP contribution in [0.15, 0.2) is 35.2 Å². The fourth-order valence-corrected chi connectivity index (χ4v) is 5.77. The predicted octanol–water partition coefficient (Wildman–Crippen LogP) is 1.81. The van der Waals surface area contributed by atoms with Gasteiger partial charge in [-0.05, 0) is 37.3 Å². The van der Waals surface area contributed by atoms with E-state index >= 15 is 0 Å². The first-order chi connectivity index (χ1) is 11.2. The summed E-state index contributed by atoms with van der Waals surface area (Å²) in [4.78, 5) is 0.233. The molecule has 1 fully saturated rings. The van der Waals surface area contributed by atoms with Crippen LogP contribution in [0, 0.1) is 5.92 Å². The first-order valence-electron chi connectivity index (χ1n) is 8.26.